The van der Waals surface area contributed by atoms with Crippen LogP contribution < -0.4 is 4.74 Å². The molecule has 0 bridgehead atoms. The Labute approximate surface area is 93.7 Å². The molecule has 0 amide bonds. The van der Waals surface area contributed by atoms with Gasteiger partial charge in [-0.1, -0.05) is 0 Å². The van der Waals surface area contributed by atoms with Gasteiger partial charge < -0.3 is 9.84 Å². The molecule has 2 heterocycles. The summed E-state index contributed by atoms with van der Waals surface area (Å²) in [6.45, 7) is 0.972. The molecule has 5 nitrogen and oxygen atoms in total. The van der Waals surface area contributed by atoms with Gasteiger partial charge in [-0.2, -0.15) is 0 Å². The number of nitrogens with zero attached hydrogens (tertiary/aromatic N) is 2. The zero-order valence-corrected chi connectivity index (χ0v) is 9.09. The molecule has 0 spiro atoms. The van der Waals surface area contributed by atoms with Crippen LogP contribution in [0.25, 0.3) is 0 Å². The van der Waals surface area contributed by atoms with E-state index in [4.69, 9.17) is 9.84 Å². The number of carbonyl (C=O) groups is 1. The highest BCUT2D eigenvalue weighted by molar-refractivity contribution is 5.90. The molecule has 1 aromatic rings. The van der Waals surface area contributed by atoms with E-state index in [0.29, 0.717) is 0 Å². The molecule has 1 aliphatic heterocycles. The standard InChI is InChI=1S/C11H14N2O3/c1-13-7-3-5-9(13)16-10-8(11(14)15)4-2-6-12-10/h2,4,6,9H,3,5,7H2,1H3,(H,14,15). The number of pyridine rings is 1. The summed E-state index contributed by atoms with van der Waals surface area (Å²) in [5, 5.41) is 8.97. The van der Waals surface area contributed by atoms with Crippen molar-refractivity contribution in [2.24, 2.45) is 0 Å². The summed E-state index contributed by atoms with van der Waals surface area (Å²) < 4.78 is 5.61. The minimum Gasteiger partial charge on any atom is -0.477 e. The molecule has 1 atom stereocenters. The molecule has 1 fully saturated rings. The first-order valence-electron chi connectivity index (χ1n) is 5.23. The molecular weight excluding hydrogens is 208 g/mol. The number of aromatic carboxylic acids is 1. The third-order valence-electron chi connectivity index (χ3n) is 2.70. The second-order valence-corrected chi connectivity index (χ2v) is 3.86. The van der Waals surface area contributed by atoms with Gasteiger partial charge in [0.2, 0.25) is 5.88 Å². The first-order chi connectivity index (χ1) is 7.68. The molecule has 1 aliphatic rings. The van der Waals surface area contributed by atoms with Crippen LogP contribution in [0, 0.1) is 0 Å². The third-order valence-corrected chi connectivity index (χ3v) is 2.70. The van der Waals surface area contributed by atoms with Crippen molar-refractivity contribution >= 4 is 5.97 Å². The molecule has 0 aliphatic carbocycles. The van der Waals surface area contributed by atoms with Gasteiger partial charge in [-0.15, -0.1) is 0 Å². The molecule has 86 valence electrons. The second kappa shape index (κ2) is 4.49. The monoisotopic (exact) mass is 222 g/mol. The summed E-state index contributed by atoms with van der Waals surface area (Å²) in [6, 6.07) is 3.09. The number of aromatic nitrogens is 1. The van der Waals surface area contributed by atoms with Crippen LogP contribution in [-0.4, -0.2) is 40.8 Å². The number of hydrogen-bond acceptors (Lipinski definition) is 4. The summed E-state index contributed by atoms with van der Waals surface area (Å²) in [7, 11) is 1.96. The van der Waals surface area contributed by atoms with Gasteiger partial charge >= 0.3 is 5.97 Å². The van der Waals surface area contributed by atoms with Crippen LogP contribution >= 0.6 is 0 Å². The lowest BCUT2D eigenvalue weighted by Crippen LogP contribution is -2.31. The van der Waals surface area contributed by atoms with Gasteiger partial charge in [0.25, 0.3) is 0 Å². The Morgan fingerprint density at radius 3 is 3.12 bits per heavy atom. The van der Waals surface area contributed by atoms with E-state index in [-0.39, 0.29) is 17.7 Å². The van der Waals surface area contributed by atoms with E-state index in [0.717, 1.165) is 19.4 Å². The van der Waals surface area contributed by atoms with Crippen molar-refractivity contribution in [3.8, 4) is 5.88 Å². The predicted octanol–water partition coefficient (Wildman–Crippen LogP) is 1.21. The van der Waals surface area contributed by atoms with E-state index < -0.39 is 5.97 Å². The molecule has 0 saturated carbocycles. The first kappa shape index (κ1) is 10.9. The molecule has 0 radical (unpaired) electrons. The number of ether oxygens (including phenoxy) is 1. The van der Waals surface area contributed by atoms with Crippen LogP contribution in [0.4, 0.5) is 0 Å². The van der Waals surface area contributed by atoms with E-state index in [1.165, 1.54) is 12.3 Å². The Balaban J connectivity index is 2.17. The normalized spacial score (nSPS) is 20.9. The smallest absolute Gasteiger partial charge is 0.341 e. The fraction of sp³-hybridized carbons (Fsp3) is 0.455. The maximum Gasteiger partial charge on any atom is 0.341 e. The highest BCUT2D eigenvalue weighted by Crippen LogP contribution is 2.21. The van der Waals surface area contributed by atoms with Crippen molar-refractivity contribution in [1.82, 2.24) is 9.88 Å². The average molecular weight is 222 g/mol. The Morgan fingerprint density at radius 2 is 2.50 bits per heavy atom. The van der Waals surface area contributed by atoms with E-state index in [1.807, 2.05) is 7.05 Å². The number of carboxylic acid groups (broad SMARTS) is 1. The van der Waals surface area contributed by atoms with Crippen molar-refractivity contribution in [2.75, 3.05) is 13.6 Å². The van der Waals surface area contributed by atoms with E-state index in [2.05, 4.69) is 9.88 Å². The van der Waals surface area contributed by atoms with Crippen molar-refractivity contribution in [3.05, 3.63) is 23.9 Å². The molecule has 0 aromatic carbocycles. The summed E-state index contributed by atoms with van der Waals surface area (Å²) in [5.74, 6) is -0.808. The summed E-state index contributed by atoms with van der Waals surface area (Å²) in [4.78, 5) is 17.0. The highest BCUT2D eigenvalue weighted by atomic mass is 16.5. The van der Waals surface area contributed by atoms with Gasteiger partial charge in [0.15, 0.2) is 6.23 Å². The van der Waals surface area contributed by atoms with Crippen molar-refractivity contribution in [1.29, 1.82) is 0 Å². The van der Waals surface area contributed by atoms with Gasteiger partial charge in [-0.25, -0.2) is 9.78 Å². The van der Waals surface area contributed by atoms with Crippen molar-refractivity contribution in [2.45, 2.75) is 19.1 Å². The molecule has 1 N–H and O–H groups in total. The molecule has 1 saturated heterocycles. The lowest BCUT2D eigenvalue weighted by molar-refractivity contribution is 0.0630. The Morgan fingerprint density at radius 1 is 1.69 bits per heavy atom. The number of hydrogen-bond donors (Lipinski definition) is 1. The van der Waals surface area contributed by atoms with Gasteiger partial charge in [0, 0.05) is 12.7 Å². The summed E-state index contributed by atoms with van der Waals surface area (Å²) in [6.07, 6.45) is 3.45. The summed E-state index contributed by atoms with van der Waals surface area (Å²) >= 11 is 0. The lowest BCUT2D eigenvalue weighted by atomic mass is 10.3. The summed E-state index contributed by atoms with van der Waals surface area (Å²) in [5.41, 5.74) is 0.114. The van der Waals surface area contributed by atoms with E-state index in [9.17, 15) is 4.79 Å². The molecule has 1 aromatic heterocycles. The Kier molecular flexibility index (Phi) is 3.05. The fourth-order valence-corrected chi connectivity index (χ4v) is 1.80. The van der Waals surface area contributed by atoms with Crippen LogP contribution in [0.1, 0.15) is 23.2 Å². The largest absolute Gasteiger partial charge is 0.477 e. The topological polar surface area (TPSA) is 62.7 Å². The van der Waals surface area contributed by atoms with Crippen molar-refractivity contribution in [3.63, 3.8) is 0 Å². The molecule has 2 rings (SSSR count). The maximum absolute atomic E-state index is 10.9. The van der Waals surface area contributed by atoms with Gasteiger partial charge in [-0.3, -0.25) is 4.90 Å². The Hall–Kier alpha value is -1.62. The SMILES string of the molecule is CN1CCCC1Oc1ncccc1C(=O)O. The number of likely N-dealkylation sites (tertiary alicyclic amines) is 1. The van der Waals surface area contributed by atoms with Crippen molar-refractivity contribution < 1.29 is 14.6 Å². The third kappa shape index (κ3) is 2.14. The Bertz CT molecular complexity index is 395. The van der Waals surface area contributed by atoms with E-state index in [1.54, 1.807) is 6.07 Å². The van der Waals surface area contributed by atoms with Crippen LogP contribution in [0.3, 0.4) is 0 Å². The second-order valence-electron chi connectivity index (χ2n) is 3.86. The number of rotatable bonds is 3. The highest BCUT2D eigenvalue weighted by Gasteiger charge is 2.24. The van der Waals surface area contributed by atoms with Gasteiger partial charge in [0.05, 0.1) is 0 Å². The molecular formula is C11H14N2O3. The maximum atomic E-state index is 10.9. The van der Waals surface area contributed by atoms with Crippen LogP contribution in [0.5, 0.6) is 5.88 Å². The molecule has 1 unspecified atom stereocenters. The van der Waals surface area contributed by atoms with Gasteiger partial charge in [0.1, 0.15) is 5.56 Å². The zero-order valence-electron chi connectivity index (χ0n) is 9.09. The zero-order chi connectivity index (χ0) is 11.5. The average Bonchev–Trinajstić information content (AvgIpc) is 2.65. The molecule has 16 heavy (non-hydrogen) atoms. The molecule has 5 heteroatoms. The fourth-order valence-electron chi connectivity index (χ4n) is 1.80. The predicted molar refractivity (Wildman–Crippen MR) is 57.5 cm³/mol. The lowest BCUT2D eigenvalue weighted by Gasteiger charge is -2.20. The first-order valence-corrected chi connectivity index (χ1v) is 5.23. The van der Waals surface area contributed by atoms with Crippen LogP contribution in [0.2, 0.25) is 0 Å². The number of carboxylic acids is 1. The minimum absolute atomic E-state index is 0.0620. The van der Waals surface area contributed by atoms with E-state index >= 15 is 0 Å². The quantitative estimate of drug-likeness (QED) is 0.832. The van der Waals surface area contributed by atoms with Gasteiger partial charge in [-0.05, 0) is 32.0 Å². The van der Waals surface area contributed by atoms with Crippen LogP contribution in [0.15, 0.2) is 18.3 Å². The minimum atomic E-state index is -1.01. The van der Waals surface area contributed by atoms with Crippen LogP contribution in [-0.2, 0) is 0 Å².